The number of carbonyl (C=O) groups is 1. The van der Waals surface area contributed by atoms with Gasteiger partial charge in [-0.15, -0.1) is 0 Å². The number of hydrogen-bond donors (Lipinski definition) is 1. The second-order valence-electron chi connectivity index (χ2n) is 9.31. The normalized spacial score (nSPS) is 14.5. The minimum Gasteiger partial charge on any atom is -0.489 e. The van der Waals surface area contributed by atoms with E-state index in [2.05, 4.69) is 22.3 Å². The molecular weight excluding hydrogens is 494 g/mol. The van der Waals surface area contributed by atoms with Crippen molar-refractivity contribution in [3.8, 4) is 17.0 Å². The van der Waals surface area contributed by atoms with Gasteiger partial charge in [0.1, 0.15) is 18.1 Å². The average molecular weight is 520 g/mol. The third-order valence-electron chi connectivity index (χ3n) is 6.94. The zero-order valence-corrected chi connectivity index (χ0v) is 21.4. The lowest BCUT2D eigenvalue weighted by Crippen LogP contribution is -2.31. The molecular formula is C32H26ClN3O2. The Morgan fingerprint density at radius 1 is 0.842 bits per heavy atom. The molecule has 0 fully saturated rings. The van der Waals surface area contributed by atoms with E-state index >= 15 is 0 Å². The predicted octanol–water partition coefficient (Wildman–Crippen LogP) is 7.10. The summed E-state index contributed by atoms with van der Waals surface area (Å²) in [6.07, 6.45) is 0.764. The lowest BCUT2D eigenvalue weighted by molar-refractivity contribution is 0.0746. The van der Waals surface area contributed by atoms with Gasteiger partial charge in [-0.25, -0.2) is 0 Å². The summed E-state index contributed by atoms with van der Waals surface area (Å²) >= 11 is 6.28. The fourth-order valence-electron chi connectivity index (χ4n) is 5.01. The number of aromatic amines is 1. The highest BCUT2D eigenvalue weighted by Crippen LogP contribution is 2.43. The number of nitrogens with zero attached hydrogens (tertiary/aromatic N) is 2. The van der Waals surface area contributed by atoms with Crippen molar-refractivity contribution in [1.29, 1.82) is 0 Å². The third kappa shape index (κ3) is 4.69. The van der Waals surface area contributed by atoms with Crippen LogP contribution in [0.1, 0.15) is 38.8 Å². The van der Waals surface area contributed by atoms with Crippen LogP contribution >= 0.6 is 11.6 Å². The van der Waals surface area contributed by atoms with Gasteiger partial charge < -0.3 is 9.64 Å². The molecule has 0 spiro atoms. The minimum atomic E-state index is -0.257. The van der Waals surface area contributed by atoms with Crippen molar-refractivity contribution in [2.45, 2.75) is 19.1 Å². The van der Waals surface area contributed by atoms with Crippen LogP contribution in [0.2, 0.25) is 5.02 Å². The first-order valence-electron chi connectivity index (χ1n) is 12.6. The predicted molar refractivity (Wildman–Crippen MR) is 149 cm³/mol. The fourth-order valence-corrected chi connectivity index (χ4v) is 5.20. The van der Waals surface area contributed by atoms with E-state index in [9.17, 15) is 4.79 Å². The Labute approximate surface area is 226 Å². The average Bonchev–Trinajstić information content (AvgIpc) is 3.51. The van der Waals surface area contributed by atoms with Crippen molar-refractivity contribution in [2.24, 2.45) is 0 Å². The number of nitrogens with one attached hydrogen (secondary N) is 1. The van der Waals surface area contributed by atoms with Crippen molar-refractivity contribution >= 4 is 17.5 Å². The minimum absolute atomic E-state index is 0.0327. The van der Waals surface area contributed by atoms with Gasteiger partial charge >= 0.3 is 0 Å². The number of carbonyl (C=O) groups excluding carboxylic acids is 1. The molecule has 5 nitrogen and oxygen atoms in total. The Morgan fingerprint density at radius 2 is 1.53 bits per heavy atom. The van der Waals surface area contributed by atoms with Crippen LogP contribution in [0.4, 0.5) is 0 Å². The molecule has 0 bridgehead atoms. The van der Waals surface area contributed by atoms with Gasteiger partial charge in [-0.1, -0.05) is 103 Å². The topological polar surface area (TPSA) is 58.2 Å². The van der Waals surface area contributed by atoms with Gasteiger partial charge in [0.25, 0.3) is 5.91 Å². The van der Waals surface area contributed by atoms with Crippen LogP contribution in [0, 0.1) is 0 Å². The number of H-pyrrole nitrogens is 1. The molecule has 1 aliphatic heterocycles. The van der Waals surface area contributed by atoms with E-state index in [0.29, 0.717) is 23.9 Å². The Hall–Kier alpha value is -4.35. The Morgan fingerprint density at radius 3 is 2.26 bits per heavy atom. The smallest absolute Gasteiger partial charge is 0.273 e. The van der Waals surface area contributed by atoms with Crippen LogP contribution in [0.3, 0.4) is 0 Å². The van der Waals surface area contributed by atoms with Crippen molar-refractivity contribution in [2.75, 3.05) is 6.54 Å². The summed E-state index contributed by atoms with van der Waals surface area (Å²) < 4.78 is 6.01. The number of rotatable bonds is 8. The van der Waals surface area contributed by atoms with Crippen molar-refractivity contribution in [3.63, 3.8) is 0 Å². The first-order chi connectivity index (χ1) is 18.7. The van der Waals surface area contributed by atoms with Crippen LogP contribution in [0.5, 0.6) is 5.75 Å². The Kier molecular flexibility index (Phi) is 6.67. The van der Waals surface area contributed by atoms with E-state index in [1.54, 1.807) is 0 Å². The van der Waals surface area contributed by atoms with Crippen LogP contribution in [0.25, 0.3) is 11.3 Å². The number of hydrogen-bond acceptors (Lipinski definition) is 3. The second-order valence-corrected chi connectivity index (χ2v) is 9.72. The van der Waals surface area contributed by atoms with E-state index in [4.69, 9.17) is 16.3 Å². The fraction of sp³-hybridized carbons (Fsp3) is 0.125. The summed E-state index contributed by atoms with van der Waals surface area (Å²) in [5.41, 5.74) is 6.39. The van der Waals surface area contributed by atoms with Gasteiger partial charge in [-0.05, 0) is 35.7 Å². The van der Waals surface area contributed by atoms with E-state index < -0.39 is 0 Å². The summed E-state index contributed by atoms with van der Waals surface area (Å²) in [5, 5.41) is 8.29. The molecule has 5 aromatic rings. The zero-order valence-electron chi connectivity index (χ0n) is 20.7. The molecule has 0 aliphatic carbocycles. The highest BCUT2D eigenvalue weighted by atomic mass is 35.5. The quantitative estimate of drug-likeness (QED) is 0.238. The number of amides is 1. The van der Waals surface area contributed by atoms with E-state index in [0.717, 1.165) is 40.1 Å². The standard InChI is InChI=1S/C32H26ClN3O2/c33-27-14-8-7-13-25(27)21-38-26-17-15-24(16-18-26)31-28-29(23-11-5-2-6-12-23)34-35-30(28)32(37)36(31)20-19-22-9-3-1-4-10-22/h1-18,31H,19-21H2,(H,34,35). The maximum atomic E-state index is 13.6. The molecule has 2 heterocycles. The van der Waals surface area contributed by atoms with Gasteiger partial charge in [-0.2, -0.15) is 5.10 Å². The van der Waals surface area contributed by atoms with E-state index in [1.807, 2.05) is 102 Å². The van der Waals surface area contributed by atoms with Crippen LogP contribution in [0.15, 0.2) is 109 Å². The molecule has 1 atom stereocenters. The number of fused-ring (bicyclic) bond motifs is 1. The molecule has 188 valence electrons. The van der Waals surface area contributed by atoms with Crippen LogP contribution in [-0.4, -0.2) is 27.5 Å². The summed E-state index contributed by atoms with van der Waals surface area (Å²) in [7, 11) is 0. The molecule has 1 amide bonds. The summed E-state index contributed by atoms with van der Waals surface area (Å²) in [4.78, 5) is 15.6. The van der Waals surface area contributed by atoms with Gasteiger partial charge in [-0.3, -0.25) is 9.89 Å². The molecule has 6 rings (SSSR count). The first kappa shape index (κ1) is 24.0. The van der Waals surface area contributed by atoms with Crippen molar-refractivity contribution in [1.82, 2.24) is 15.1 Å². The van der Waals surface area contributed by atoms with Crippen molar-refractivity contribution in [3.05, 3.63) is 142 Å². The Bertz CT molecular complexity index is 1550. The summed E-state index contributed by atoms with van der Waals surface area (Å²) in [6, 6.07) is 35.6. The first-order valence-corrected chi connectivity index (χ1v) is 13.0. The summed E-state index contributed by atoms with van der Waals surface area (Å²) in [6.45, 7) is 0.975. The molecule has 0 saturated carbocycles. The van der Waals surface area contributed by atoms with E-state index in [-0.39, 0.29) is 11.9 Å². The SMILES string of the molecule is O=C1c2[nH]nc(-c3ccccc3)c2C(c2ccc(OCc3ccccc3Cl)cc2)N1CCc1ccccc1. The monoisotopic (exact) mass is 519 g/mol. The molecule has 4 aromatic carbocycles. The maximum absolute atomic E-state index is 13.6. The molecule has 1 aliphatic rings. The largest absolute Gasteiger partial charge is 0.489 e. The van der Waals surface area contributed by atoms with Crippen LogP contribution < -0.4 is 4.74 Å². The number of halogens is 1. The van der Waals surface area contributed by atoms with Gasteiger partial charge in [0.2, 0.25) is 0 Å². The van der Waals surface area contributed by atoms with E-state index in [1.165, 1.54) is 5.56 Å². The third-order valence-corrected chi connectivity index (χ3v) is 7.31. The molecule has 1 unspecified atom stereocenters. The molecule has 6 heteroatoms. The lowest BCUT2D eigenvalue weighted by Gasteiger charge is -2.26. The second kappa shape index (κ2) is 10.6. The number of ether oxygens (including phenoxy) is 1. The summed E-state index contributed by atoms with van der Waals surface area (Å²) in [5.74, 6) is 0.708. The highest BCUT2D eigenvalue weighted by Gasteiger charge is 2.41. The zero-order chi connectivity index (χ0) is 25.9. The lowest BCUT2D eigenvalue weighted by atomic mass is 9.96. The number of benzene rings is 4. The van der Waals surface area contributed by atoms with Gasteiger partial charge in [0, 0.05) is 28.3 Å². The Balaban J connectivity index is 1.31. The number of aromatic nitrogens is 2. The van der Waals surface area contributed by atoms with Gasteiger partial charge in [0.15, 0.2) is 0 Å². The molecule has 38 heavy (non-hydrogen) atoms. The molecule has 0 saturated heterocycles. The molecule has 1 aromatic heterocycles. The molecule has 0 radical (unpaired) electrons. The molecule has 1 N–H and O–H groups in total. The highest BCUT2D eigenvalue weighted by molar-refractivity contribution is 6.31. The van der Waals surface area contributed by atoms with Crippen LogP contribution in [-0.2, 0) is 13.0 Å². The van der Waals surface area contributed by atoms with Crippen molar-refractivity contribution < 1.29 is 9.53 Å². The van der Waals surface area contributed by atoms with Gasteiger partial charge in [0.05, 0.1) is 11.7 Å². The maximum Gasteiger partial charge on any atom is 0.273 e.